The zero-order chi connectivity index (χ0) is 19.8. The molecule has 2 fully saturated rings. The van der Waals surface area contributed by atoms with Crippen molar-refractivity contribution in [1.82, 2.24) is 0 Å². The summed E-state index contributed by atoms with van der Waals surface area (Å²) in [5.74, 6) is -1.08. The smallest absolute Gasteiger partial charge is 0.178 e. The topological polar surface area (TPSA) is 82.1 Å². The van der Waals surface area contributed by atoms with Gasteiger partial charge in [-0.05, 0) is 61.4 Å². The van der Waals surface area contributed by atoms with Crippen molar-refractivity contribution in [1.29, 1.82) is 0 Å². The van der Waals surface area contributed by atoms with Crippen molar-refractivity contribution < 1.29 is 28.9 Å². The van der Waals surface area contributed by atoms with E-state index in [2.05, 4.69) is 0 Å². The van der Waals surface area contributed by atoms with Crippen molar-refractivity contribution in [3.63, 3.8) is 0 Å². The number of carbonyl (C=O) groups excluding carboxylic acids is 2. The van der Waals surface area contributed by atoms with Crippen molar-refractivity contribution in [3.05, 3.63) is 48.6 Å². The van der Waals surface area contributed by atoms with Crippen LogP contribution in [0.4, 0.5) is 0 Å². The van der Waals surface area contributed by atoms with Gasteiger partial charge >= 0.3 is 0 Å². The Balaban J connectivity index is 1.51. The van der Waals surface area contributed by atoms with E-state index in [1.807, 2.05) is 6.92 Å². The van der Waals surface area contributed by atoms with Crippen LogP contribution in [0.5, 0.6) is 0 Å². The summed E-state index contributed by atoms with van der Waals surface area (Å²) in [4.78, 5) is 23.0. The van der Waals surface area contributed by atoms with Crippen molar-refractivity contribution in [2.45, 2.75) is 74.8 Å². The normalized spacial score (nSPS) is 35.4. The molecule has 0 bridgehead atoms. The summed E-state index contributed by atoms with van der Waals surface area (Å²) in [5.41, 5.74) is -1.40. The third kappa shape index (κ3) is 3.82. The van der Waals surface area contributed by atoms with Gasteiger partial charge in [0.2, 0.25) is 0 Å². The van der Waals surface area contributed by atoms with Gasteiger partial charge in [0.25, 0.3) is 0 Å². The molecule has 0 amide bonds. The van der Waals surface area contributed by atoms with Crippen LogP contribution in [0.15, 0.2) is 48.6 Å². The number of rotatable bonds is 4. The van der Waals surface area contributed by atoms with E-state index in [-0.39, 0.29) is 11.6 Å². The zero-order valence-electron chi connectivity index (χ0n) is 16.0. The molecule has 6 heteroatoms. The lowest BCUT2D eigenvalue weighted by atomic mass is 9.91. The zero-order valence-corrected chi connectivity index (χ0v) is 16.0. The summed E-state index contributed by atoms with van der Waals surface area (Å²) < 4.78 is 18.8. The maximum atomic E-state index is 11.5. The van der Waals surface area contributed by atoms with E-state index in [4.69, 9.17) is 14.2 Å². The molecule has 150 valence electrons. The Kier molecular flexibility index (Phi) is 5.00. The molecule has 6 nitrogen and oxygen atoms in total. The molecule has 2 spiro atoms. The molecule has 1 unspecified atom stereocenters. The van der Waals surface area contributed by atoms with Gasteiger partial charge in [-0.2, -0.15) is 0 Å². The van der Waals surface area contributed by atoms with Gasteiger partial charge in [-0.3, -0.25) is 9.59 Å². The second kappa shape index (κ2) is 7.19. The largest absolute Gasteiger partial charge is 0.393 e. The van der Waals surface area contributed by atoms with Crippen LogP contribution in [0, 0.1) is 0 Å². The van der Waals surface area contributed by atoms with E-state index in [1.54, 1.807) is 24.3 Å². The van der Waals surface area contributed by atoms with Gasteiger partial charge in [0, 0.05) is 19.3 Å². The molecule has 2 aliphatic carbocycles. The van der Waals surface area contributed by atoms with Crippen LogP contribution in [0.1, 0.15) is 45.4 Å². The van der Waals surface area contributed by atoms with Crippen molar-refractivity contribution >= 4 is 11.6 Å². The van der Waals surface area contributed by atoms with Crippen molar-refractivity contribution in [2.24, 2.45) is 0 Å². The summed E-state index contributed by atoms with van der Waals surface area (Å²) in [6.07, 6.45) is 15.4. The molecule has 3 atom stereocenters. The number of aliphatic hydroxyl groups is 1. The van der Waals surface area contributed by atoms with Gasteiger partial charge in [-0.1, -0.05) is 13.3 Å². The Morgan fingerprint density at radius 1 is 1.07 bits per heavy atom. The molecule has 0 saturated carbocycles. The quantitative estimate of drug-likeness (QED) is 0.800. The minimum atomic E-state index is -0.956. The third-order valence-corrected chi connectivity index (χ3v) is 5.74. The molecular formula is C22H26O6. The third-order valence-electron chi connectivity index (χ3n) is 5.74. The number of hydrogen-bond donors (Lipinski definition) is 1. The summed E-state index contributed by atoms with van der Waals surface area (Å²) in [6.45, 7) is 2.05. The Bertz CT molecular complexity index is 744. The Labute approximate surface area is 164 Å². The van der Waals surface area contributed by atoms with Crippen LogP contribution in [-0.2, 0) is 23.8 Å². The fourth-order valence-electron chi connectivity index (χ4n) is 4.42. The minimum Gasteiger partial charge on any atom is -0.393 e. The molecule has 4 aliphatic rings. The highest BCUT2D eigenvalue weighted by atomic mass is 16.8. The second-order valence-electron chi connectivity index (χ2n) is 8.07. The standard InChI is InChI=1S/C22H26O6/c1-2-7-20(8-3-16(23)4-9-20)26-19-14-18(25)15-22(27-19)13-12-21(28-22)10-5-17(24)6-11-21/h3-6,8-11,18-19,25H,2,7,12-15H2,1H3/t18-,19?,22-/m1/s1. The number of ether oxygens (including phenoxy) is 3. The molecule has 0 radical (unpaired) electrons. The predicted octanol–water partition coefficient (Wildman–Crippen LogP) is 2.68. The molecule has 0 aromatic carbocycles. The van der Waals surface area contributed by atoms with Crippen LogP contribution in [-0.4, -0.2) is 46.1 Å². The Morgan fingerprint density at radius 3 is 2.36 bits per heavy atom. The highest BCUT2D eigenvalue weighted by Crippen LogP contribution is 2.48. The van der Waals surface area contributed by atoms with E-state index >= 15 is 0 Å². The number of ketones is 2. The maximum absolute atomic E-state index is 11.5. The Morgan fingerprint density at radius 2 is 1.71 bits per heavy atom. The number of aliphatic hydroxyl groups excluding tert-OH is 1. The number of allylic oxidation sites excluding steroid dienone is 4. The average molecular weight is 386 g/mol. The highest BCUT2D eigenvalue weighted by molar-refractivity contribution is 6.01. The summed E-state index contributed by atoms with van der Waals surface area (Å²) in [6, 6.07) is 0. The lowest BCUT2D eigenvalue weighted by molar-refractivity contribution is -0.351. The van der Waals surface area contributed by atoms with Crippen LogP contribution in [0.2, 0.25) is 0 Å². The van der Waals surface area contributed by atoms with E-state index < -0.39 is 29.4 Å². The first-order valence-corrected chi connectivity index (χ1v) is 9.94. The summed E-state index contributed by atoms with van der Waals surface area (Å²) in [7, 11) is 0. The van der Waals surface area contributed by atoms with E-state index in [9.17, 15) is 14.7 Å². The van der Waals surface area contributed by atoms with Gasteiger partial charge in [0.1, 0.15) is 11.2 Å². The van der Waals surface area contributed by atoms with Crippen molar-refractivity contribution in [3.8, 4) is 0 Å². The maximum Gasteiger partial charge on any atom is 0.178 e. The van der Waals surface area contributed by atoms with E-state index in [1.165, 1.54) is 24.3 Å². The molecule has 0 aromatic heterocycles. The van der Waals surface area contributed by atoms with Crippen molar-refractivity contribution in [2.75, 3.05) is 0 Å². The lowest BCUT2D eigenvalue weighted by Gasteiger charge is -2.44. The van der Waals surface area contributed by atoms with Crippen LogP contribution in [0.25, 0.3) is 0 Å². The number of carbonyl (C=O) groups is 2. The first-order valence-electron chi connectivity index (χ1n) is 9.94. The van der Waals surface area contributed by atoms with Crippen LogP contribution >= 0.6 is 0 Å². The summed E-state index contributed by atoms with van der Waals surface area (Å²) in [5, 5.41) is 10.5. The molecule has 2 saturated heterocycles. The second-order valence-corrected chi connectivity index (χ2v) is 8.07. The lowest BCUT2D eigenvalue weighted by Crippen LogP contribution is -2.50. The Hall–Kier alpha value is -1.86. The molecule has 2 heterocycles. The van der Waals surface area contributed by atoms with E-state index in [0.717, 1.165) is 6.42 Å². The van der Waals surface area contributed by atoms with Gasteiger partial charge < -0.3 is 19.3 Å². The minimum absolute atomic E-state index is 0.0621. The van der Waals surface area contributed by atoms with Gasteiger partial charge in [-0.15, -0.1) is 0 Å². The average Bonchev–Trinajstić information content (AvgIpc) is 2.97. The van der Waals surface area contributed by atoms with E-state index in [0.29, 0.717) is 32.1 Å². The highest BCUT2D eigenvalue weighted by Gasteiger charge is 2.53. The van der Waals surface area contributed by atoms with Gasteiger partial charge in [0.05, 0.1) is 6.10 Å². The molecule has 0 aromatic rings. The fraction of sp³-hybridized carbons (Fsp3) is 0.545. The molecular weight excluding hydrogens is 360 g/mol. The SMILES string of the molecule is CCCC1(OC2C[C@@H](O)C[C@]3(CCC4(C=CC(=O)C=C4)O3)O2)C=CC(=O)C=C1. The first kappa shape index (κ1) is 19.5. The molecule has 4 rings (SSSR count). The molecule has 28 heavy (non-hydrogen) atoms. The molecule has 2 aliphatic heterocycles. The van der Waals surface area contributed by atoms with Crippen LogP contribution in [0.3, 0.4) is 0 Å². The predicted molar refractivity (Wildman–Crippen MR) is 101 cm³/mol. The number of hydrogen-bond acceptors (Lipinski definition) is 6. The fourth-order valence-corrected chi connectivity index (χ4v) is 4.42. The first-order chi connectivity index (χ1) is 13.4. The van der Waals surface area contributed by atoms with Gasteiger partial charge in [-0.25, -0.2) is 0 Å². The molecule has 1 N–H and O–H groups in total. The monoisotopic (exact) mass is 386 g/mol. The summed E-state index contributed by atoms with van der Waals surface area (Å²) >= 11 is 0. The van der Waals surface area contributed by atoms with Crippen LogP contribution < -0.4 is 0 Å². The van der Waals surface area contributed by atoms with Gasteiger partial charge in [0.15, 0.2) is 23.6 Å².